The van der Waals surface area contributed by atoms with Crippen molar-refractivity contribution in [3.05, 3.63) is 63.6 Å². The number of rotatable bonds is 5. The molecule has 2 aromatic rings. The molecule has 2 rings (SSSR count). The van der Waals surface area contributed by atoms with E-state index < -0.39 is 0 Å². The predicted molar refractivity (Wildman–Crippen MR) is 86.7 cm³/mol. The van der Waals surface area contributed by atoms with E-state index in [1.807, 2.05) is 0 Å². The zero-order valence-corrected chi connectivity index (χ0v) is 13.1. The second kappa shape index (κ2) is 6.76. The summed E-state index contributed by atoms with van der Waals surface area (Å²) in [6.07, 6.45) is 2.12. The lowest BCUT2D eigenvalue weighted by Gasteiger charge is -2.13. The van der Waals surface area contributed by atoms with Gasteiger partial charge in [-0.3, -0.25) is 0 Å². The Morgan fingerprint density at radius 3 is 2.26 bits per heavy atom. The summed E-state index contributed by atoms with van der Waals surface area (Å²) in [7, 11) is 0. The minimum Gasteiger partial charge on any atom is -0.381 e. The third kappa shape index (κ3) is 3.60. The summed E-state index contributed by atoms with van der Waals surface area (Å²) < 4.78 is 1.14. The van der Waals surface area contributed by atoms with Gasteiger partial charge in [0.2, 0.25) is 0 Å². The summed E-state index contributed by atoms with van der Waals surface area (Å²) >= 11 is 3.53. The Labute approximate surface area is 124 Å². The molecule has 100 valence electrons. The summed E-state index contributed by atoms with van der Waals surface area (Å²) in [6, 6.07) is 15.1. The van der Waals surface area contributed by atoms with Gasteiger partial charge < -0.3 is 5.32 Å². The molecule has 1 N–H and O–H groups in total. The van der Waals surface area contributed by atoms with E-state index in [-0.39, 0.29) is 0 Å². The van der Waals surface area contributed by atoms with Crippen LogP contribution in [0.25, 0.3) is 0 Å². The van der Waals surface area contributed by atoms with Gasteiger partial charge in [0.1, 0.15) is 0 Å². The van der Waals surface area contributed by atoms with Crippen LogP contribution in [0.15, 0.2) is 46.9 Å². The maximum absolute atomic E-state index is 3.56. The molecule has 0 amide bonds. The number of aryl methyl sites for hydroxylation is 2. The van der Waals surface area contributed by atoms with Gasteiger partial charge in [0.15, 0.2) is 0 Å². The second-order valence-electron chi connectivity index (χ2n) is 4.63. The monoisotopic (exact) mass is 317 g/mol. The molecular formula is C17H20BrN. The Morgan fingerprint density at radius 2 is 1.58 bits per heavy atom. The third-order valence-corrected chi connectivity index (χ3v) is 3.91. The summed E-state index contributed by atoms with van der Waals surface area (Å²) in [6.45, 7) is 5.28. The number of anilines is 1. The van der Waals surface area contributed by atoms with Crippen LogP contribution in [0.3, 0.4) is 0 Å². The lowest BCUT2D eigenvalue weighted by Crippen LogP contribution is -2.04. The van der Waals surface area contributed by atoms with E-state index >= 15 is 0 Å². The Bertz CT molecular complexity index is 549. The molecule has 2 aromatic carbocycles. The maximum atomic E-state index is 3.56. The van der Waals surface area contributed by atoms with Gasteiger partial charge in [-0.05, 0) is 47.7 Å². The first-order valence-corrected chi connectivity index (χ1v) is 7.63. The highest BCUT2D eigenvalue weighted by atomic mass is 79.9. The van der Waals surface area contributed by atoms with E-state index in [2.05, 4.69) is 77.6 Å². The topological polar surface area (TPSA) is 12.0 Å². The zero-order chi connectivity index (χ0) is 13.7. The van der Waals surface area contributed by atoms with Gasteiger partial charge in [0, 0.05) is 16.7 Å². The molecule has 1 nitrogen and oxygen atoms in total. The molecule has 0 atom stereocenters. The van der Waals surface area contributed by atoms with Crippen LogP contribution in [-0.2, 0) is 19.4 Å². The number of benzene rings is 2. The first kappa shape index (κ1) is 14.1. The largest absolute Gasteiger partial charge is 0.381 e. The lowest BCUT2D eigenvalue weighted by molar-refractivity contribution is 1.03. The minimum atomic E-state index is 0.888. The lowest BCUT2D eigenvalue weighted by atomic mass is 10.0. The zero-order valence-electron chi connectivity index (χ0n) is 11.5. The van der Waals surface area contributed by atoms with Gasteiger partial charge >= 0.3 is 0 Å². The van der Waals surface area contributed by atoms with Crippen molar-refractivity contribution >= 4 is 21.6 Å². The van der Waals surface area contributed by atoms with E-state index in [1.54, 1.807) is 0 Å². The Balaban J connectivity index is 2.14. The predicted octanol–water partition coefficient (Wildman–Crippen LogP) is 5.19. The molecular weight excluding hydrogens is 298 g/mol. The van der Waals surface area contributed by atoms with Crippen molar-refractivity contribution in [3.8, 4) is 0 Å². The standard InChI is InChI=1S/C17H20BrN/c1-3-13-7-5-6-8-15(13)12-19-17-10-9-16(18)11-14(17)4-2/h5-11,19H,3-4,12H2,1-2H3. The molecule has 0 heterocycles. The summed E-state index contributed by atoms with van der Waals surface area (Å²) in [5, 5.41) is 3.56. The molecule has 0 radical (unpaired) electrons. The molecule has 0 aliphatic carbocycles. The van der Waals surface area contributed by atoms with Crippen LogP contribution in [0.4, 0.5) is 5.69 Å². The number of hydrogen-bond acceptors (Lipinski definition) is 1. The summed E-state index contributed by atoms with van der Waals surface area (Å²) in [5.74, 6) is 0. The Kier molecular flexibility index (Phi) is 5.03. The van der Waals surface area contributed by atoms with Crippen LogP contribution < -0.4 is 5.32 Å². The average molecular weight is 318 g/mol. The SMILES string of the molecule is CCc1ccccc1CNc1ccc(Br)cc1CC. The number of hydrogen-bond donors (Lipinski definition) is 1. The van der Waals surface area contributed by atoms with E-state index in [1.165, 1.54) is 22.4 Å². The van der Waals surface area contributed by atoms with Crippen LogP contribution in [0.2, 0.25) is 0 Å². The highest BCUT2D eigenvalue weighted by molar-refractivity contribution is 9.10. The molecule has 19 heavy (non-hydrogen) atoms. The molecule has 0 saturated heterocycles. The third-order valence-electron chi connectivity index (χ3n) is 3.42. The smallest absolute Gasteiger partial charge is 0.0403 e. The van der Waals surface area contributed by atoms with E-state index in [0.717, 1.165) is 23.9 Å². The van der Waals surface area contributed by atoms with Gasteiger partial charge in [0.25, 0.3) is 0 Å². The van der Waals surface area contributed by atoms with Gasteiger partial charge in [-0.15, -0.1) is 0 Å². The van der Waals surface area contributed by atoms with E-state index in [9.17, 15) is 0 Å². The van der Waals surface area contributed by atoms with Crippen LogP contribution >= 0.6 is 15.9 Å². The van der Waals surface area contributed by atoms with Crippen LogP contribution in [0.1, 0.15) is 30.5 Å². The van der Waals surface area contributed by atoms with Gasteiger partial charge in [-0.1, -0.05) is 54.0 Å². The first-order chi connectivity index (χ1) is 9.24. The van der Waals surface area contributed by atoms with Gasteiger partial charge in [-0.25, -0.2) is 0 Å². The molecule has 0 fully saturated rings. The Hall–Kier alpha value is -1.28. The van der Waals surface area contributed by atoms with Gasteiger partial charge in [0.05, 0.1) is 0 Å². The molecule has 0 spiro atoms. The number of nitrogens with one attached hydrogen (secondary N) is 1. The van der Waals surface area contributed by atoms with Crippen molar-refractivity contribution < 1.29 is 0 Å². The molecule has 0 aromatic heterocycles. The molecule has 0 unspecified atom stereocenters. The number of halogens is 1. The fourth-order valence-corrected chi connectivity index (χ4v) is 2.70. The molecule has 0 saturated carbocycles. The van der Waals surface area contributed by atoms with E-state index in [0.29, 0.717) is 0 Å². The molecule has 0 bridgehead atoms. The fraction of sp³-hybridized carbons (Fsp3) is 0.294. The highest BCUT2D eigenvalue weighted by Gasteiger charge is 2.03. The quantitative estimate of drug-likeness (QED) is 0.800. The molecule has 0 aliphatic rings. The molecule has 2 heteroatoms. The van der Waals surface area contributed by atoms with Crippen molar-refractivity contribution in [2.45, 2.75) is 33.2 Å². The Morgan fingerprint density at radius 1 is 0.895 bits per heavy atom. The minimum absolute atomic E-state index is 0.888. The normalized spacial score (nSPS) is 10.5. The van der Waals surface area contributed by atoms with Crippen LogP contribution in [0, 0.1) is 0 Å². The average Bonchev–Trinajstić information content (AvgIpc) is 2.46. The maximum Gasteiger partial charge on any atom is 0.0403 e. The summed E-state index contributed by atoms with van der Waals surface area (Å²) in [4.78, 5) is 0. The van der Waals surface area contributed by atoms with E-state index in [4.69, 9.17) is 0 Å². The van der Waals surface area contributed by atoms with Crippen molar-refractivity contribution in [1.29, 1.82) is 0 Å². The van der Waals surface area contributed by atoms with Crippen LogP contribution in [-0.4, -0.2) is 0 Å². The summed E-state index contributed by atoms with van der Waals surface area (Å²) in [5.41, 5.74) is 5.39. The van der Waals surface area contributed by atoms with Crippen molar-refractivity contribution in [3.63, 3.8) is 0 Å². The second-order valence-corrected chi connectivity index (χ2v) is 5.55. The molecule has 0 aliphatic heterocycles. The van der Waals surface area contributed by atoms with Crippen molar-refractivity contribution in [2.75, 3.05) is 5.32 Å². The highest BCUT2D eigenvalue weighted by Crippen LogP contribution is 2.22. The van der Waals surface area contributed by atoms with Crippen molar-refractivity contribution in [2.24, 2.45) is 0 Å². The fourth-order valence-electron chi connectivity index (χ4n) is 2.29. The van der Waals surface area contributed by atoms with Gasteiger partial charge in [-0.2, -0.15) is 0 Å². The first-order valence-electron chi connectivity index (χ1n) is 6.83. The van der Waals surface area contributed by atoms with Crippen LogP contribution in [0.5, 0.6) is 0 Å². The van der Waals surface area contributed by atoms with Crippen molar-refractivity contribution in [1.82, 2.24) is 0 Å².